The first-order valence-electron chi connectivity index (χ1n) is 7.14. The van der Waals surface area contributed by atoms with Crippen molar-refractivity contribution in [3.05, 3.63) is 40.4 Å². The number of rotatable bonds is 6. The van der Waals surface area contributed by atoms with Crippen LogP contribution in [0.25, 0.3) is 5.69 Å². The monoisotopic (exact) mass is 292 g/mol. The van der Waals surface area contributed by atoms with Gasteiger partial charge in [0.1, 0.15) is 5.82 Å². The molecular weight excluding hydrogens is 272 g/mol. The van der Waals surface area contributed by atoms with E-state index in [1.807, 2.05) is 16.8 Å². The summed E-state index contributed by atoms with van der Waals surface area (Å²) in [4.78, 5) is 4.56. The Morgan fingerprint density at radius 2 is 2.00 bits per heavy atom. The summed E-state index contributed by atoms with van der Waals surface area (Å²) in [5.41, 5.74) is 2.08. The Morgan fingerprint density at radius 1 is 1.20 bits per heavy atom. The van der Waals surface area contributed by atoms with Crippen LogP contribution in [0.1, 0.15) is 38.0 Å². The second-order valence-corrected chi connectivity index (χ2v) is 5.00. The van der Waals surface area contributed by atoms with Gasteiger partial charge in [0.2, 0.25) is 0 Å². The molecule has 1 aromatic heterocycles. The topological polar surface area (TPSA) is 42.7 Å². The Morgan fingerprint density at radius 3 is 2.65 bits per heavy atom. The molecule has 0 fully saturated rings. The van der Waals surface area contributed by atoms with Crippen molar-refractivity contribution in [3.63, 3.8) is 0 Å². The van der Waals surface area contributed by atoms with Crippen LogP contribution in [-0.4, -0.2) is 21.3 Å². The maximum atomic E-state index is 6.41. The summed E-state index contributed by atoms with van der Waals surface area (Å²) in [5, 5.41) is 8.64. The van der Waals surface area contributed by atoms with Gasteiger partial charge < -0.3 is 5.32 Å². The molecule has 2 rings (SSSR count). The van der Waals surface area contributed by atoms with Crippen molar-refractivity contribution in [3.8, 4) is 5.69 Å². The van der Waals surface area contributed by atoms with Gasteiger partial charge in [-0.1, -0.05) is 44.5 Å². The second-order valence-electron chi connectivity index (χ2n) is 4.59. The lowest BCUT2D eigenvalue weighted by Gasteiger charge is -2.13. The molecule has 1 aromatic carbocycles. The number of hydrogen-bond donors (Lipinski definition) is 1. The van der Waals surface area contributed by atoms with E-state index >= 15 is 0 Å². The third-order valence-corrected chi connectivity index (χ3v) is 3.50. The van der Waals surface area contributed by atoms with Crippen LogP contribution in [0, 0.1) is 0 Å². The van der Waals surface area contributed by atoms with Crippen LogP contribution < -0.4 is 5.32 Å². The number of nitrogens with one attached hydrogen (secondary N) is 1. The summed E-state index contributed by atoms with van der Waals surface area (Å²) in [7, 11) is 0. The SMILES string of the molecule is CCNCc1cccc(Cl)c1-n1nc(CC)nc1CC. The Hall–Kier alpha value is -1.39. The molecule has 4 nitrogen and oxygen atoms in total. The molecule has 0 aliphatic rings. The molecule has 0 saturated heterocycles. The van der Waals surface area contributed by atoms with Crippen LogP contribution >= 0.6 is 11.6 Å². The van der Waals surface area contributed by atoms with E-state index in [4.69, 9.17) is 11.6 Å². The quantitative estimate of drug-likeness (QED) is 0.889. The molecule has 108 valence electrons. The average Bonchev–Trinajstić information content (AvgIpc) is 2.88. The number of aromatic nitrogens is 3. The van der Waals surface area contributed by atoms with Gasteiger partial charge in [-0.05, 0) is 18.2 Å². The maximum Gasteiger partial charge on any atom is 0.151 e. The molecular formula is C15H21ClN4. The van der Waals surface area contributed by atoms with Gasteiger partial charge in [-0.15, -0.1) is 0 Å². The second kappa shape index (κ2) is 6.86. The van der Waals surface area contributed by atoms with Gasteiger partial charge in [-0.2, -0.15) is 5.10 Å². The number of halogens is 1. The molecule has 0 saturated carbocycles. The number of benzene rings is 1. The average molecular weight is 293 g/mol. The molecule has 1 heterocycles. The van der Waals surface area contributed by atoms with Crippen LogP contribution in [0.5, 0.6) is 0 Å². The normalized spacial score (nSPS) is 11.0. The summed E-state index contributed by atoms with van der Waals surface area (Å²) in [6.45, 7) is 7.93. The molecule has 2 aromatic rings. The molecule has 0 aliphatic carbocycles. The molecule has 0 aliphatic heterocycles. The van der Waals surface area contributed by atoms with E-state index < -0.39 is 0 Å². The predicted octanol–water partition coefficient (Wildman–Crippen LogP) is 3.16. The highest BCUT2D eigenvalue weighted by atomic mass is 35.5. The number of para-hydroxylation sites is 1. The molecule has 0 spiro atoms. The Kier molecular flexibility index (Phi) is 5.15. The first-order chi connectivity index (χ1) is 9.71. The van der Waals surface area contributed by atoms with Crippen molar-refractivity contribution in [2.24, 2.45) is 0 Å². The van der Waals surface area contributed by atoms with Gasteiger partial charge in [0.25, 0.3) is 0 Å². The lowest BCUT2D eigenvalue weighted by atomic mass is 10.1. The van der Waals surface area contributed by atoms with E-state index in [1.54, 1.807) is 0 Å². The van der Waals surface area contributed by atoms with Crippen molar-refractivity contribution in [1.82, 2.24) is 20.1 Å². The summed E-state index contributed by atoms with van der Waals surface area (Å²) in [5.74, 6) is 1.81. The van der Waals surface area contributed by atoms with Gasteiger partial charge >= 0.3 is 0 Å². The summed E-state index contributed by atoms with van der Waals surface area (Å²) >= 11 is 6.41. The zero-order valence-electron chi connectivity index (χ0n) is 12.3. The van der Waals surface area contributed by atoms with Crippen molar-refractivity contribution < 1.29 is 0 Å². The lowest BCUT2D eigenvalue weighted by Crippen LogP contribution is -2.15. The highest BCUT2D eigenvalue weighted by Crippen LogP contribution is 2.25. The molecule has 0 radical (unpaired) electrons. The van der Waals surface area contributed by atoms with Gasteiger partial charge in [-0.3, -0.25) is 0 Å². The summed E-state index contributed by atoms with van der Waals surface area (Å²) in [6.07, 6.45) is 1.66. The lowest BCUT2D eigenvalue weighted by molar-refractivity contribution is 0.709. The zero-order valence-corrected chi connectivity index (χ0v) is 13.0. The minimum Gasteiger partial charge on any atom is -0.313 e. The van der Waals surface area contributed by atoms with Gasteiger partial charge in [0, 0.05) is 19.4 Å². The highest BCUT2D eigenvalue weighted by Gasteiger charge is 2.15. The highest BCUT2D eigenvalue weighted by molar-refractivity contribution is 6.32. The fourth-order valence-corrected chi connectivity index (χ4v) is 2.42. The minimum atomic E-state index is 0.711. The van der Waals surface area contributed by atoms with E-state index in [0.717, 1.165) is 48.8 Å². The smallest absolute Gasteiger partial charge is 0.151 e. The first-order valence-corrected chi connectivity index (χ1v) is 7.52. The van der Waals surface area contributed by atoms with Crippen LogP contribution in [0.15, 0.2) is 18.2 Å². The molecule has 0 amide bonds. The number of nitrogens with zero attached hydrogens (tertiary/aromatic N) is 3. The van der Waals surface area contributed by atoms with Crippen molar-refractivity contribution in [1.29, 1.82) is 0 Å². The minimum absolute atomic E-state index is 0.711. The fraction of sp³-hybridized carbons (Fsp3) is 0.467. The Labute approximate surface area is 125 Å². The van der Waals surface area contributed by atoms with Crippen molar-refractivity contribution >= 4 is 11.6 Å². The van der Waals surface area contributed by atoms with E-state index in [0.29, 0.717) is 5.02 Å². The van der Waals surface area contributed by atoms with E-state index in [1.165, 1.54) is 0 Å². The molecule has 20 heavy (non-hydrogen) atoms. The standard InChI is InChI=1S/C15H21ClN4/c1-4-13-18-14(5-2)20(19-13)15-11(10-17-6-3)8-7-9-12(15)16/h7-9,17H,4-6,10H2,1-3H3. The Balaban J connectivity index is 2.52. The summed E-state index contributed by atoms with van der Waals surface area (Å²) in [6, 6.07) is 5.96. The summed E-state index contributed by atoms with van der Waals surface area (Å²) < 4.78 is 1.90. The van der Waals surface area contributed by atoms with E-state index in [2.05, 4.69) is 42.2 Å². The third kappa shape index (κ3) is 3.02. The van der Waals surface area contributed by atoms with Crippen molar-refractivity contribution in [2.75, 3.05) is 6.54 Å². The third-order valence-electron chi connectivity index (χ3n) is 3.20. The largest absolute Gasteiger partial charge is 0.313 e. The molecule has 5 heteroatoms. The van der Waals surface area contributed by atoms with E-state index in [-0.39, 0.29) is 0 Å². The van der Waals surface area contributed by atoms with Gasteiger partial charge in [0.05, 0.1) is 10.7 Å². The van der Waals surface area contributed by atoms with Crippen LogP contribution in [0.3, 0.4) is 0 Å². The maximum absolute atomic E-state index is 6.41. The van der Waals surface area contributed by atoms with Crippen LogP contribution in [0.2, 0.25) is 5.02 Å². The van der Waals surface area contributed by atoms with E-state index in [9.17, 15) is 0 Å². The fourth-order valence-electron chi connectivity index (χ4n) is 2.15. The number of hydrogen-bond acceptors (Lipinski definition) is 3. The zero-order chi connectivity index (χ0) is 14.5. The van der Waals surface area contributed by atoms with Gasteiger partial charge in [0.15, 0.2) is 5.82 Å². The molecule has 0 atom stereocenters. The molecule has 1 N–H and O–H groups in total. The molecule has 0 unspecified atom stereocenters. The van der Waals surface area contributed by atoms with Gasteiger partial charge in [-0.25, -0.2) is 9.67 Å². The first kappa shape index (κ1) is 15.0. The van der Waals surface area contributed by atoms with Crippen molar-refractivity contribution in [2.45, 2.75) is 40.2 Å². The Bertz CT molecular complexity index is 577. The predicted molar refractivity (Wildman–Crippen MR) is 82.5 cm³/mol. The molecule has 0 bridgehead atoms. The van der Waals surface area contributed by atoms with Crippen LogP contribution in [-0.2, 0) is 19.4 Å². The number of aryl methyl sites for hydroxylation is 2. The van der Waals surface area contributed by atoms with Crippen LogP contribution in [0.4, 0.5) is 0 Å².